The van der Waals surface area contributed by atoms with Gasteiger partial charge < -0.3 is 7.16 Å². The molecular formula is C8H12NNaO3S. The first-order valence-electron chi connectivity index (χ1n) is 3.66. The quantitative estimate of drug-likeness (QED) is 0.337. The van der Waals surface area contributed by atoms with Crippen LogP contribution in [0.2, 0.25) is 0 Å². The Morgan fingerprint density at radius 2 is 1.86 bits per heavy atom. The Balaban J connectivity index is 0. The Kier molecular flexibility index (Phi) is 4.61. The van der Waals surface area contributed by atoms with E-state index in [2.05, 4.69) is 0 Å². The molecule has 0 heterocycles. The van der Waals surface area contributed by atoms with Crippen molar-refractivity contribution in [1.82, 2.24) is 0 Å². The molecule has 0 amide bonds. The van der Waals surface area contributed by atoms with Crippen LogP contribution >= 0.6 is 0 Å². The number of rotatable bonds is 1. The van der Waals surface area contributed by atoms with Gasteiger partial charge in [-0.25, -0.2) is 0 Å². The molecule has 0 bridgehead atoms. The van der Waals surface area contributed by atoms with Crippen molar-refractivity contribution in [3.63, 3.8) is 0 Å². The maximum absolute atomic E-state index is 10.7. The molecule has 0 unspecified atom stereocenters. The van der Waals surface area contributed by atoms with Crippen LogP contribution in [-0.2, 0) is 10.1 Å². The fraction of sp³-hybridized carbons (Fsp3) is 0.250. The molecule has 0 saturated heterocycles. The molecule has 1 aromatic carbocycles. The third-order valence-corrected chi connectivity index (χ3v) is 2.81. The smallest absolute Gasteiger partial charge is 1.00 e. The van der Waals surface area contributed by atoms with Gasteiger partial charge in [-0.15, -0.1) is 0 Å². The molecule has 1 rings (SSSR count). The summed E-state index contributed by atoms with van der Waals surface area (Å²) >= 11 is 0. The Morgan fingerprint density at radius 3 is 2.21 bits per heavy atom. The second-order valence-electron chi connectivity index (χ2n) is 2.93. The molecule has 1 aromatic rings. The van der Waals surface area contributed by atoms with Crippen LogP contribution in [-0.4, -0.2) is 13.0 Å². The van der Waals surface area contributed by atoms with Gasteiger partial charge in [-0.05, 0) is 37.1 Å². The summed E-state index contributed by atoms with van der Waals surface area (Å²) in [7, 11) is -4.14. The monoisotopic (exact) mass is 225 g/mol. The topological polar surface area (TPSA) is 80.4 Å². The summed E-state index contributed by atoms with van der Waals surface area (Å²) in [5.74, 6) is 0. The number of anilines is 1. The Morgan fingerprint density at radius 1 is 1.36 bits per heavy atom. The van der Waals surface area contributed by atoms with Gasteiger partial charge >= 0.3 is 29.6 Å². The molecule has 0 aliphatic rings. The molecule has 0 saturated carbocycles. The maximum atomic E-state index is 10.7. The van der Waals surface area contributed by atoms with Gasteiger partial charge in [0.1, 0.15) is 0 Å². The molecule has 0 spiro atoms. The first-order chi connectivity index (χ1) is 5.82. The summed E-state index contributed by atoms with van der Waals surface area (Å²) in [6.45, 7) is 3.53. The van der Waals surface area contributed by atoms with Crippen LogP contribution in [0.4, 0.5) is 5.69 Å². The van der Waals surface area contributed by atoms with Crippen LogP contribution in [0.5, 0.6) is 0 Å². The van der Waals surface area contributed by atoms with Crippen molar-refractivity contribution in [1.29, 1.82) is 0 Å². The summed E-state index contributed by atoms with van der Waals surface area (Å²) in [5, 5.41) is 0. The summed E-state index contributed by atoms with van der Waals surface area (Å²) in [6.07, 6.45) is 0. The van der Waals surface area contributed by atoms with E-state index in [1.807, 2.05) is 0 Å². The predicted octanol–water partition coefficient (Wildman–Crippen LogP) is -1.75. The number of benzene rings is 1. The summed E-state index contributed by atoms with van der Waals surface area (Å²) in [6, 6.07) is 2.64. The van der Waals surface area contributed by atoms with Gasteiger partial charge in [-0.1, -0.05) is 0 Å². The van der Waals surface area contributed by atoms with Gasteiger partial charge in [-0.3, -0.25) is 4.55 Å². The van der Waals surface area contributed by atoms with E-state index in [0.717, 1.165) is 11.1 Å². The minimum Gasteiger partial charge on any atom is -1.00 e. The Labute approximate surface area is 107 Å². The van der Waals surface area contributed by atoms with Gasteiger partial charge in [0.2, 0.25) is 0 Å². The zero-order valence-corrected chi connectivity index (χ0v) is 11.2. The van der Waals surface area contributed by atoms with Crippen molar-refractivity contribution in [2.75, 3.05) is 5.73 Å². The third kappa shape index (κ3) is 2.96. The Hall–Kier alpha value is -0.0700. The zero-order chi connectivity index (χ0) is 10.2. The molecule has 0 aromatic heterocycles. The average Bonchev–Trinajstić information content (AvgIpc) is 1.97. The second kappa shape index (κ2) is 4.63. The molecule has 0 radical (unpaired) electrons. The molecule has 74 valence electrons. The van der Waals surface area contributed by atoms with E-state index in [1.54, 1.807) is 13.8 Å². The first kappa shape index (κ1) is 13.9. The SMILES string of the molecule is Cc1cc(S(=O)(=O)O)cc(N)c1C.[H-].[Na+]. The van der Waals surface area contributed by atoms with Crippen molar-refractivity contribution in [2.45, 2.75) is 18.7 Å². The molecule has 4 nitrogen and oxygen atoms in total. The number of hydrogen-bond acceptors (Lipinski definition) is 3. The van der Waals surface area contributed by atoms with Crippen LogP contribution < -0.4 is 35.3 Å². The Bertz CT molecular complexity index is 424. The molecule has 14 heavy (non-hydrogen) atoms. The molecular weight excluding hydrogens is 213 g/mol. The molecule has 0 atom stereocenters. The minimum absolute atomic E-state index is 0. The maximum Gasteiger partial charge on any atom is 1.00 e. The number of aryl methyl sites for hydroxylation is 1. The van der Waals surface area contributed by atoms with Gasteiger partial charge in [0.05, 0.1) is 4.90 Å². The van der Waals surface area contributed by atoms with Gasteiger partial charge in [0.15, 0.2) is 0 Å². The third-order valence-electron chi connectivity index (χ3n) is 1.98. The number of hydrogen-bond donors (Lipinski definition) is 2. The largest absolute Gasteiger partial charge is 1.00 e. The summed E-state index contributed by atoms with van der Waals surface area (Å²) in [4.78, 5) is -0.159. The fourth-order valence-corrected chi connectivity index (χ4v) is 1.60. The van der Waals surface area contributed by atoms with E-state index >= 15 is 0 Å². The van der Waals surface area contributed by atoms with Crippen molar-refractivity contribution in [2.24, 2.45) is 0 Å². The van der Waals surface area contributed by atoms with E-state index < -0.39 is 10.1 Å². The fourth-order valence-electron chi connectivity index (χ4n) is 1.00. The van der Waals surface area contributed by atoms with Gasteiger partial charge in [0.25, 0.3) is 10.1 Å². The van der Waals surface area contributed by atoms with E-state index in [1.165, 1.54) is 12.1 Å². The second-order valence-corrected chi connectivity index (χ2v) is 4.35. The normalized spacial score (nSPS) is 10.8. The molecule has 0 fully saturated rings. The number of nitrogen functional groups attached to an aromatic ring is 1. The van der Waals surface area contributed by atoms with E-state index in [9.17, 15) is 8.42 Å². The zero-order valence-electron chi connectivity index (χ0n) is 9.40. The van der Waals surface area contributed by atoms with Crippen LogP contribution in [0.25, 0.3) is 0 Å². The average molecular weight is 225 g/mol. The van der Waals surface area contributed by atoms with Crippen LogP contribution in [0.1, 0.15) is 12.6 Å². The molecule has 0 aliphatic heterocycles. The van der Waals surface area contributed by atoms with Gasteiger partial charge in [0, 0.05) is 5.69 Å². The van der Waals surface area contributed by atoms with E-state index in [-0.39, 0.29) is 35.9 Å². The number of nitrogens with two attached hydrogens (primary N) is 1. The van der Waals surface area contributed by atoms with Crippen molar-refractivity contribution in [3.8, 4) is 0 Å². The van der Waals surface area contributed by atoms with E-state index in [0.29, 0.717) is 5.69 Å². The van der Waals surface area contributed by atoms with Crippen LogP contribution in [0.3, 0.4) is 0 Å². The molecule has 3 N–H and O–H groups in total. The summed E-state index contributed by atoms with van der Waals surface area (Å²) < 4.78 is 30.2. The molecule has 0 aliphatic carbocycles. The van der Waals surface area contributed by atoms with Crippen LogP contribution in [0, 0.1) is 13.8 Å². The predicted molar refractivity (Wildman–Crippen MR) is 51.3 cm³/mol. The van der Waals surface area contributed by atoms with Gasteiger partial charge in [-0.2, -0.15) is 8.42 Å². The van der Waals surface area contributed by atoms with Crippen molar-refractivity contribution < 1.29 is 44.0 Å². The van der Waals surface area contributed by atoms with E-state index in [4.69, 9.17) is 10.3 Å². The minimum atomic E-state index is -4.14. The van der Waals surface area contributed by atoms with Crippen molar-refractivity contribution >= 4 is 15.8 Å². The van der Waals surface area contributed by atoms with Crippen LogP contribution in [0.15, 0.2) is 17.0 Å². The van der Waals surface area contributed by atoms with Crippen molar-refractivity contribution in [3.05, 3.63) is 23.3 Å². The molecule has 6 heteroatoms. The standard InChI is InChI=1S/C8H11NO3S.Na.H/c1-5-3-7(13(10,11)12)4-8(9)6(5)2;;/h3-4H,9H2,1-2H3,(H,10,11,12);;/q;+1;-1. The first-order valence-corrected chi connectivity index (χ1v) is 5.10. The summed E-state index contributed by atoms with van der Waals surface area (Å²) in [5.41, 5.74) is 7.48.